The zero-order valence-corrected chi connectivity index (χ0v) is 15.3. The monoisotopic (exact) mass is 309 g/mol. The molecule has 1 aliphatic rings. The van der Waals surface area contributed by atoms with Crippen LogP contribution in [0.15, 0.2) is 5.38 Å². The van der Waals surface area contributed by atoms with Gasteiger partial charge in [0.1, 0.15) is 0 Å². The first-order chi connectivity index (χ1) is 9.84. The van der Waals surface area contributed by atoms with Gasteiger partial charge in [-0.2, -0.15) is 0 Å². The normalized spacial score (nSPS) is 24.7. The van der Waals surface area contributed by atoms with Crippen LogP contribution in [0.25, 0.3) is 0 Å². The van der Waals surface area contributed by atoms with Crippen molar-refractivity contribution < 1.29 is 0 Å². The number of aromatic nitrogens is 1. The van der Waals surface area contributed by atoms with Crippen LogP contribution in [0.1, 0.15) is 64.2 Å². The summed E-state index contributed by atoms with van der Waals surface area (Å²) in [4.78, 5) is 7.67. The van der Waals surface area contributed by atoms with Crippen LogP contribution in [0.4, 0.5) is 0 Å². The molecule has 0 saturated carbocycles. The lowest BCUT2D eigenvalue weighted by Gasteiger charge is -2.43. The van der Waals surface area contributed by atoms with Gasteiger partial charge in [0.25, 0.3) is 0 Å². The number of thiazole rings is 1. The van der Waals surface area contributed by atoms with Crippen molar-refractivity contribution in [3.8, 4) is 0 Å². The lowest BCUT2D eigenvalue weighted by atomic mass is 9.86. The standard InChI is InChI=1S/C17H31N3S/c1-12(2)20-9-7-8-13(10-18-6)15(20)14-11-21-16(19-14)17(3,4)5/h11-13,15,18H,7-10H2,1-6H3. The highest BCUT2D eigenvalue weighted by Gasteiger charge is 2.35. The van der Waals surface area contributed by atoms with Crippen molar-refractivity contribution in [3.63, 3.8) is 0 Å². The second-order valence-electron chi connectivity index (χ2n) is 7.56. The predicted octanol–water partition coefficient (Wildman–Crippen LogP) is 3.82. The van der Waals surface area contributed by atoms with Crippen LogP contribution in [0.2, 0.25) is 0 Å². The molecule has 2 rings (SSSR count). The van der Waals surface area contributed by atoms with Crippen LogP contribution in [-0.2, 0) is 5.41 Å². The minimum Gasteiger partial charge on any atom is -0.319 e. The Bertz CT molecular complexity index is 445. The molecular weight excluding hydrogens is 278 g/mol. The molecule has 0 amide bonds. The maximum absolute atomic E-state index is 5.02. The Morgan fingerprint density at radius 1 is 1.43 bits per heavy atom. The third-order valence-electron chi connectivity index (χ3n) is 4.39. The molecule has 2 heterocycles. The summed E-state index contributed by atoms with van der Waals surface area (Å²) in [6, 6.07) is 1.05. The van der Waals surface area contributed by atoms with Crippen LogP contribution in [-0.4, -0.2) is 36.1 Å². The van der Waals surface area contributed by atoms with E-state index < -0.39 is 0 Å². The van der Waals surface area contributed by atoms with Gasteiger partial charge >= 0.3 is 0 Å². The van der Waals surface area contributed by atoms with E-state index in [-0.39, 0.29) is 5.41 Å². The predicted molar refractivity (Wildman–Crippen MR) is 92.0 cm³/mol. The zero-order chi connectivity index (χ0) is 15.6. The van der Waals surface area contributed by atoms with Crippen molar-refractivity contribution in [3.05, 3.63) is 16.1 Å². The highest BCUT2D eigenvalue weighted by Crippen LogP contribution is 2.38. The van der Waals surface area contributed by atoms with E-state index >= 15 is 0 Å². The number of piperidine rings is 1. The van der Waals surface area contributed by atoms with Crippen molar-refractivity contribution in [2.75, 3.05) is 20.1 Å². The molecule has 1 aliphatic heterocycles. The molecule has 0 bridgehead atoms. The van der Waals surface area contributed by atoms with E-state index in [1.807, 2.05) is 11.3 Å². The van der Waals surface area contributed by atoms with Gasteiger partial charge in [0.15, 0.2) is 0 Å². The molecule has 3 nitrogen and oxygen atoms in total. The lowest BCUT2D eigenvalue weighted by Crippen LogP contribution is -2.45. The van der Waals surface area contributed by atoms with Crippen LogP contribution < -0.4 is 5.32 Å². The van der Waals surface area contributed by atoms with Gasteiger partial charge in [-0.1, -0.05) is 20.8 Å². The highest BCUT2D eigenvalue weighted by atomic mass is 32.1. The Hall–Kier alpha value is -0.450. The topological polar surface area (TPSA) is 28.2 Å². The number of nitrogens with one attached hydrogen (secondary N) is 1. The molecule has 1 N–H and O–H groups in total. The molecule has 4 heteroatoms. The maximum Gasteiger partial charge on any atom is 0.0982 e. The van der Waals surface area contributed by atoms with E-state index in [1.54, 1.807) is 0 Å². The number of likely N-dealkylation sites (tertiary alicyclic amines) is 1. The fraction of sp³-hybridized carbons (Fsp3) is 0.824. The van der Waals surface area contributed by atoms with Gasteiger partial charge in [0.05, 0.1) is 16.7 Å². The summed E-state index contributed by atoms with van der Waals surface area (Å²) >= 11 is 1.83. The third-order valence-corrected chi connectivity index (χ3v) is 5.68. The Morgan fingerprint density at radius 3 is 2.67 bits per heavy atom. The van der Waals surface area contributed by atoms with Crippen LogP contribution in [0, 0.1) is 5.92 Å². The van der Waals surface area contributed by atoms with Crippen molar-refractivity contribution in [1.82, 2.24) is 15.2 Å². The number of rotatable bonds is 4. The molecule has 1 aromatic heterocycles. The summed E-state index contributed by atoms with van der Waals surface area (Å²) in [5.41, 5.74) is 1.44. The van der Waals surface area contributed by atoms with E-state index in [4.69, 9.17) is 4.98 Å². The fourth-order valence-electron chi connectivity index (χ4n) is 3.34. The lowest BCUT2D eigenvalue weighted by molar-refractivity contribution is 0.0611. The average Bonchev–Trinajstić information content (AvgIpc) is 2.88. The van der Waals surface area contributed by atoms with E-state index in [9.17, 15) is 0 Å². The Balaban J connectivity index is 2.31. The van der Waals surface area contributed by atoms with Crippen molar-refractivity contribution in [2.24, 2.45) is 5.92 Å². The van der Waals surface area contributed by atoms with E-state index in [1.165, 1.54) is 30.1 Å². The molecule has 0 aliphatic carbocycles. The maximum atomic E-state index is 5.02. The van der Waals surface area contributed by atoms with Gasteiger partial charge in [-0.05, 0) is 52.7 Å². The smallest absolute Gasteiger partial charge is 0.0982 e. The molecule has 0 spiro atoms. The quantitative estimate of drug-likeness (QED) is 0.916. The summed E-state index contributed by atoms with van der Waals surface area (Å²) in [6.07, 6.45) is 2.61. The highest BCUT2D eigenvalue weighted by molar-refractivity contribution is 7.09. The molecule has 0 aromatic carbocycles. The Morgan fingerprint density at radius 2 is 2.14 bits per heavy atom. The molecule has 21 heavy (non-hydrogen) atoms. The van der Waals surface area contributed by atoms with Gasteiger partial charge in [0, 0.05) is 16.8 Å². The van der Waals surface area contributed by atoms with E-state index in [0.29, 0.717) is 18.0 Å². The van der Waals surface area contributed by atoms with Gasteiger partial charge in [-0.3, -0.25) is 4.90 Å². The first kappa shape index (κ1) is 16.9. The van der Waals surface area contributed by atoms with Crippen molar-refractivity contribution >= 4 is 11.3 Å². The van der Waals surface area contributed by atoms with Crippen molar-refractivity contribution in [1.29, 1.82) is 0 Å². The van der Waals surface area contributed by atoms with Gasteiger partial charge in [-0.15, -0.1) is 11.3 Å². The van der Waals surface area contributed by atoms with E-state index in [0.717, 1.165) is 6.54 Å². The Kier molecular flexibility index (Phi) is 5.44. The first-order valence-electron chi connectivity index (χ1n) is 8.21. The summed E-state index contributed by atoms with van der Waals surface area (Å²) in [6.45, 7) is 13.7. The van der Waals surface area contributed by atoms with E-state index in [2.05, 4.69) is 57.3 Å². The summed E-state index contributed by atoms with van der Waals surface area (Å²) < 4.78 is 0. The largest absolute Gasteiger partial charge is 0.319 e. The Labute approximate surface area is 134 Å². The average molecular weight is 310 g/mol. The summed E-state index contributed by atoms with van der Waals surface area (Å²) in [7, 11) is 2.06. The number of hydrogen-bond donors (Lipinski definition) is 1. The zero-order valence-electron chi connectivity index (χ0n) is 14.4. The SMILES string of the molecule is CNCC1CCCN(C(C)C)C1c1csc(C(C)(C)C)n1. The molecule has 120 valence electrons. The molecule has 1 fully saturated rings. The molecule has 0 radical (unpaired) electrons. The summed E-state index contributed by atoms with van der Waals surface area (Å²) in [5, 5.41) is 6.94. The summed E-state index contributed by atoms with van der Waals surface area (Å²) in [5.74, 6) is 0.668. The van der Waals surface area contributed by atoms with Crippen LogP contribution >= 0.6 is 11.3 Å². The minimum absolute atomic E-state index is 0.152. The number of hydrogen-bond acceptors (Lipinski definition) is 4. The van der Waals surface area contributed by atoms with Gasteiger partial charge in [-0.25, -0.2) is 4.98 Å². The second kappa shape index (κ2) is 6.76. The van der Waals surface area contributed by atoms with Crippen molar-refractivity contribution in [2.45, 2.75) is 65.0 Å². The van der Waals surface area contributed by atoms with Gasteiger partial charge < -0.3 is 5.32 Å². The molecule has 2 unspecified atom stereocenters. The molecular formula is C17H31N3S. The molecule has 1 aromatic rings. The number of nitrogens with zero attached hydrogens (tertiary/aromatic N) is 2. The molecule has 2 atom stereocenters. The second-order valence-corrected chi connectivity index (χ2v) is 8.42. The van der Waals surface area contributed by atoms with Crippen LogP contribution in [0.5, 0.6) is 0 Å². The fourth-order valence-corrected chi connectivity index (χ4v) is 4.27. The molecule has 1 saturated heterocycles. The van der Waals surface area contributed by atoms with Gasteiger partial charge in [0.2, 0.25) is 0 Å². The third kappa shape index (κ3) is 3.85. The first-order valence-corrected chi connectivity index (χ1v) is 9.08. The van der Waals surface area contributed by atoms with Crippen LogP contribution in [0.3, 0.4) is 0 Å². The minimum atomic E-state index is 0.152.